The van der Waals surface area contributed by atoms with Crippen LogP contribution in [0.1, 0.15) is 32.6 Å². The van der Waals surface area contributed by atoms with Gasteiger partial charge in [-0.25, -0.2) is 4.98 Å². The van der Waals surface area contributed by atoms with Crippen molar-refractivity contribution in [3.8, 4) is 11.8 Å². The number of carbonyl (C=O) groups is 1. The minimum absolute atomic E-state index is 0.0749. The molecule has 3 N–H and O–H groups in total. The predicted octanol–water partition coefficient (Wildman–Crippen LogP) is 5.89. The third-order valence-corrected chi connectivity index (χ3v) is 7.26. The van der Waals surface area contributed by atoms with E-state index in [2.05, 4.69) is 27.0 Å². The van der Waals surface area contributed by atoms with Gasteiger partial charge in [-0.15, -0.1) is 0 Å². The number of pyridine rings is 1. The molecule has 10 heteroatoms. The van der Waals surface area contributed by atoms with Crippen molar-refractivity contribution >= 4 is 39.8 Å². The van der Waals surface area contributed by atoms with Crippen LogP contribution in [0.2, 0.25) is 5.02 Å². The minimum Gasteiger partial charge on any atom is -0.383 e. The first-order valence-corrected chi connectivity index (χ1v) is 13.3. The molecule has 0 bridgehead atoms. The Morgan fingerprint density at radius 1 is 1.02 bits per heavy atom. The highest BCUT2D eigenvalue weighted by molar-refractivity contribution is 6.31. The molecule has 2 heterocycles. The zero-order chi connectivity index (χ0) is 29.1. The fourth-order valence-electron chi connectivity index (χ4n) is 4.68. The number of nitrogens with one attached hydrogen (secondary N) is 1. The third-order valence-electron chi connectivity index (χ3n) is 7.03. The fourth-order valence-corrected chi connectivity index (χ4v) is 4.85. The zero-order valence-electron chi connectivity index (χ0n) is 22.2. The quantitative estimate of drug-likeness (QED) is 0.296. The SMILES string of the molecule is CN1CCN(Cc2ccc(NC(=O)c3ccc(C#Cc4c(N)ncc5ccc(Cl)cc45)cc3)cc2C(F)(F)F)CC1. The van der Waals surface area contributed by atoms with E-state index in [-0.39, 0.29) is 29.2 Å². The Kier molecular flexibility index (Phi) is 8.18. The lowest BCUT2D eigenvalue weighted by Gasteiger charge is -2.33. The van der Waals surface area contributed by atoms with Gasteiger partial charge in [0, 0.05) is 71.5 Å². The summed E-state index contributed by atoms with van der Waals surface area (Å²) >= 11 is 6.14. The number of alkyl halides is 3. The van der Waals surface area contributed by atoms with Crippen LogP contribution in [0.4, 0.5) is 24.7 Å². The lowest BCUT2D eigenvalue weighted by molar-refractivity contribution is -0.138. The Bertz CT molecular complexity index is 1650. The van der Waals surface area contributed by atoms with Crippen molar-refractivity contribution in [2.45, 2.75) is 12.7 Å². The molecule has 6 nitrogen and oxygen atoms in total. The molecule has 3 aromatic carbocycles. The van der Waals surface area contributed by atoms with E-state index in [1.165, 1.54) is 12.1 Å². The van der Waals surface area contributed by atoms with Crippen LogP contribution in [0.15, 0.2) is 66.9 Å². The number of anilines is 2. The molecule has 0 atom stereocenters. The first-order chi connectivity index (χ1) is 19.6. The van der Waals surface area contributed by atoms with E-state index in [1.807, 2.05) is 18.0 Å². The summed E-state index contributed by atoms with van der Waals surface area (Å²) in [6, 6.07) is 15.8. The van der Waals surface area contributed by atoms with Gasteiger partial charge in [0.25, 0.3) is 5.91 Å². The molecule has 5 rings (SSSR count). The second-order valence-electron chi connectivity index (χ2n) is 9.98. The van der Waals surface area contributed by atoms with Gasteiger partial charge in [-0.05, 0) is 61.1 Å². The summed E-state index contributed by atoms with van der Waals surface area (Å²) in [5, 5.41) is 4.76. The number of aromatic nitrogens is 1. The highest BCUT2D eigenvalue weighted by atomic mass is 35.5. The van der Waals surface area contributed by atoms with Crippen molar-refractivity contribution in [2.24, 2.45) is 0 Å². The number of hydrogen-bond donors (Lipinski definition) is 2. The van der Waals surface area contributed by atoms with Crippen LogP contribution in [0.5, 0.6) is 0 Å². The number of nitrogen functional groups attached to an aromatic ring is 1. The molecule has 0 aliphatic carbocycles. The topological polar surface area (TPSA) is 74.5 Å². The van der Waals surface area contributed by atoms with Gasteiger partial charge in [0.2, 0.25) is 0 Å². The summed E-state index contributed by atoms with van der Waals surface area (Å²) in [6.07, 6.45) is -2.89. The van der Waals surface area contributed by atoms with Gasteiger partial charge in [0.05, 0.1) is 11.1 Å². The third kappa shape index (κ3) is 6.80. The van der Waals surface area contributed by atoms with Crippen molar-refractivity contribution in [2.75, 3.05) is 44.3 Å². The number of nitrogens with zero attached hydrogens (tertiary/aromatic N) is 3. The fraction of sp³-hybridized carbons (Fsp3) is 0.226. The maximum Gasteiger partial charge on any atom is 0.416 e. The van der Waals surface area contributed by atoms with E-state index >= 15 is 0 Å². The van der Waals surface area contributed by atoms with Crippen LogP contribution < -0.4 is 11.1 Å². The van der Waals surface area contributed by atoms with Crippen LogP contribution in [0.25, 0.3) is 10.8 Å². The monoisotopic (exact) mass is 577 g/mol. The molecule has 1 saturated heterocycles. The highest BCUT2D eigenvalue weighted by Crippen LogP contribution is 2.35. The summed E-state index contributed by atoms with van der Waals surface area (Å²) in [4.78, 5) is 21.2. The van der Waals surface area contributed by atoms with E-state index in [9.17, 15) is 18.0 Å². The average Bonchev–Trinajstić information content (AvgIpc) is 2.94. The number of benzene rings is 3. The molecule has 1 aliphatic heterocycles. The molecule has 1 fully saturated rings. The molecule has 1 amide bonds. The minimum atomic E-state index is -4.54. The van der Waals surface area contributed by atoms with Crippen molar-refractivity contribution in [3.63, 3.8) is 0 Å². The van der Waals surface area contributed by atoms with Gasteiger partial charge in [-0.1, -0.05) is 35.6 Å². The smallest absolute Gasteiger partial charge is 0.383 e. The molecule has 0 spiro atoms. The number of rotatable bonds is 4. The number of nitrogens with two attached hydrogens (primary N) is 1. The Labute approximate surface area is 240 Å². The Balaban J connectivity index is 1.31. The van der Waals surface area contributed by atoms with Gasteiger partial charge < -0.3 is 16.0 Å². The van der Waals surface area contributed by atoms with Crippen molar-refractivity contribution in [1.29, 1.82) is 0 Å². The number of hydrogen-bond acceptors (Lipinski definition) is 5. The van der Waals surface area contributed by atoms with Crippen molar-refractivity contribution in [1.82, 2.24) is 14.8 Å². The number of halogens is 4. The van der Waals surface area contributed by atoms with E-state index in [0.29, 0.717) is 29.2 Å². The maximum atomic E-state index is 13.9. The Hall–Kier alpha value is -4.10. The molecule has 4 aromatic rings. The molecular weight excluding hydrogens is 551 g/mol. The first-order valence-electron chi connectivity index (χ1n) is 12.9. The van der Waals surface area contributed by atoms with Gasteiger partial charge in [0.15, 0.2) is 0 Å². The normalized spacial score (nSPS) is 14.5. The Morgan fingerprint density at radius 3 is 2.46 bits per heavy atom. The Morgan fingerprint density at radius 2 is 1.76 bits per heavy atom. The summed E-state index contributed by atoms with van der Waals surface area (Å²) in [6.45, 7) is 3.22. The van der Waals surface area contributed by atoms with E-state index in [1.54, 1.807) is 42.6 Å². The summed E-state index contributed by atoms with van der Waals surface area (Å²) in [7, 11) is 1.99. The predicted molar refractivity (Wildman–Crippen MR) is 156 cm³/mol. The van der Waals surface area contributed by atoms with Crippen molar-refractivity contribution < 1.29 is 18.0 Å². The van der Waals surface area contributed by atoms with E-state index < -0.39 is 17.6 Å². The van der Waals surface area contributed by atoms with Gasteiger partial charge in [0.1, 0.15) is 5.82 Å². The number of likely N-dealkylation sites (N-methyl/N-ethyl adjacent to an activating group) is 1. The lowest BCUT2D eigenvalue weighted by atomic mass is 10.0. The van der Waals surface area contributed by atoms with Gasteiger partial charge >= 0.3 is 6.18 Å². The van der Waals surface area contributed by atoms with Crippen LogP contribution in [0, 0.1) is 11.8 Å². The molecule has 1 aliphatic rings. The average molecular weight is 578 g/mol. The molecule has 41 heavy (non-hydrogen) atoms. The largest absolute Gasteiger partial charge is 0.416 e. The van der Waals surface area contributed by atoms with Crippen LogP contribution >= 0.6 is 11.6 Å². The van der Waals surface area contributed by atoms with Crippen LogP contribution in [-0.4, -0.2) is 53.9 Å². The first kappa shape index (κ1) is 28.4. The number of carbonyl (C=O) groups excluding carboxylic acids is 1. The van der Waals surface area contributed by atoms with E-state index in [0.717, 1.165) is 29.9 Å². The highest BCUT2D eigenvalue weighted by Gasteiger charge is 2.34. The summed E-state index contributed by atoms with van der Waals surface area (Å²) < 4.78 is 41.7. The summed E-state index contributed by atoms with van der Waals surface area (Å²) in [5.41, 5.74) is 7.01. The standard InChI is InChI=1S/C31H27ClF3N5O/c1-39-12-14-40(15-13-39)19-23-8-10-25(17-28(23)31(33,34)35)38-30(41)21-5-2-20(3-6-21)4-11-26-27-16-24(32)9-7-22(27)18-37-29(26)36/h2-3,5-10,16-18H,12-15,19H2,1H3,(H2,36,37)(H,38,41). The number of amides is 1. The molecule has 1 aromatic heterocycles. The van der Waals surface area contributed by atoms with Crippen molar-refractivity contribution in [3.05, 3.63) is 99.7 Å². The molecule has 0 radical (unpaired) electrons. The molecule has 0 saturated carbocycles. The van der Waals surface area contributed by atoms with Crippen LogP contribution in [-0.2, 0) is 12.7 Å². The zero-order valence-corrected chi connectivity index (χ0v) is 23.0. The second-order valence-corrected chi connectivity index (χ2v) is 10.4. The van der Waals surface area contributed by atoms with Gasteiger partial charge in [-0.3, -0.25) is 9.69 Å². The molecular formula is C31H27ClF3N5O. The van der Waals surface area contributed by atoms with Gasteiger partial charge in [-0.2, -0.15) is 13.2 Å². The lowest BCUT2D eigenvalue weighted by Crippen LogP contribution is -2.44. The second kappa shape index (κ2) is 11.8. The number of fused-ring (bicyclic) bond motifs is 1. The molecule has 210 valence electrons. The van der Waals surface area contributed by atoms with E-state index in [4.69, 9.17) is 17.3 Å². The van der Waals surface area contributed by atoms with Crippen LogP contribution in [0.3, 0.4) is 0 Å². The maximum absolute atomic E-state index is 13.9. The summed E-state index contributed by atoms with van der Waals surface area (Å²) in [5.74, 6) is 5.80. The number of piperazine rings is 1. The molecule has 0 unspecified atom stereocenters.